The van der Waals surface area contributed by atoms with Gasteiger partial charge in [0, 0.05) is 30.1 Å². The van der Waals surface area contributed by atoms with Crippen LogP contribution < -0.4 is 0 Å². The van der Waals surface area contributed by atoms with E-state index in [1.54, 1.807) is 12.1 Å². The molecule has 2 aromatic heterocycles. The van der Waals surface area contributed by atoms with E-state index in [1.807, 2.05) is 30.6 Å². The molecule has 2 nitrogen and oxygen atoms in total. The number of allylic oxidation sites excluding steroid dienone is 1. The zero-order valence-corrected chi connectivity index (χ0v) is 16.5. The van der Waals surface area contributed by atoms with Gasteiger partial charge in [-0.15, -0.1) is 0 Å². The molecule has 0 saturated heterocycles. The molecule has 0 radical (unpaired) electrons. The quantitative estimate of drug-likeness (QED) is 0.519. The highest BCUT2D eigenvalue weighted by molar-refractivity contribution is 5.63. The van der Waals surface area contributed by atoms with Crippen LogP contribution in [0.5, 0.6) is 0 Å². The zero-order chi connectivity index (χ0) is 19.6. The van der Waals surface area contributed by atoms with Crippen molar-refractivity contribution in [3.05, 3.63) is 89.8 Å². The lowest BCUT2D eigenvalue weighted by molar-refractivity contribution is 0.202. The van der Waals surface area contributed by atoms with Gasteiger partial charge in [-0.25, -0.2) is 4.39 Å². The predicted octanol–water partition coefficient (Wildman–Crippen LogP) is 6.44. The second-order valence-corrected chi connectivity index (χ2v) is 8.35. The van der Waals surface area contributed by atoms with Crippen molar-refractivity contribution >= 4 is 6.08 Å². The van der Waals surface area contributed by atoms with E-state index < -0.39 is 0 Å². The molecule has 2 heterocycles. The maximum atomic E-state index is 13.5. The molecule has 5 rings (SSSR count). The van der Waals surface area contributed by atoms with Gasteiger partial charge >= 0.3 is 0 Å². The molecule has 3 atom stereocenters. The Morgan fingerprint density at radius 1 is 0.966 bits per heavy atom. The zero-order valence-electron chi connectivity index (χ0n) is 16.5. The Morgan fingerprint density at radius 3 is 2.76 bits per heavy atom. The summed E-state index contributed by atoms with van der Waals surface area (Å²) in [4.78, 5) is 8.98. The lowest BCUT2D eigenvalue weighted by Gasteiger charge is -2.41. The molecule has 3 heteroatoms. The molecule has 29 heavy (non-hydrogen) atoms. The summed E-state index contributed by atoms with van der Waals surface area (Å²) in [6.07, 6.45) is 16.9. The molecule has 0 aliphatic heterocycles. The number of hydrogen-bond donors (Lipinski definition) is 0. The molecule has 0 amide bonds. The van der Waals surface area contributed by atoms with Gasteiger partial charge in [-0.2, -0.15) is 0 Å². The van der Waals surface area contributed by atoms with Crippen LogP contribution in [0.3, 0.4) is 0 Å². The first kappa shape index (κ1) is 18.2. The fourth-order valence-corrected chi connectivity index (χ4v) is 5.20. The van der Waals surface area contributed by atoms with Crippen LogP contribution in [0.2, 0.25) is 0 Å². The van der Waals surface area contributed by atoms with E-state index >= 15 is 0 Å². The van der Waals surface area contributed by atoms with Gasteiger partial charge in [0.15, 0.2) is 0 Å². The van der Waals surface area contributed by atoms with Gasteiger partial charge in [0.05, 0.1) is 5.69 Å². The number of fused-ring (bicyclic) bond motifs is 2. The number of pyridine rings is 2. The minimum absolute atomic E-state index is 0.223. The standard InChI is InChI=1S/C26H25FN2/c27-22-6-3-5-18(15-22)20-8-9-23(29-17-20)10-11-26-24-7-2-1-4-19(24)14-21-16-28-13-12-25(21)26/h3,5-6,8-13,15-17,19,24,26H,1-2,4,7,14H2/b11-10+. The molecule has 1 saturated carbocycles. The van der Waals surface area contributed by atoms with Gasteiger partial charge in [0.2, 0.25) is 0 Å². The van der Waals surface area contributed by atoms with Gasteiger partial charge in [0.1, 0.15) is 5.82 Å². The molecule has 3 aromatic rings. The van der Waals surface area contributed by atoms with Crippen LogP contribution in [0.15, 0.2) is 67.1 Å². The Bertz CT molecular complexity index is 1020. The summed E-state index contributed by atoms with van der Waals surface area (Å²) < 4.78 is 13.5. The molecule has 2 aliphatic carbocycles. The molecular formula is C26H25FN2. The third-order valence-corrected chi connectivity index (χ3v) is 6.63. The maximum absolute atomic E-state index is 13.5. The third kappa shape index (κ3) is 3.74. The van der Waals surface area contributed by atoms with E-state index in [0.717, 1.165) is 28.7 Å². The van der Waals surface area contributed by atoms with Crippen molar-refractivity contribution in [2.75, 3.05) is 0 Å². The number of rotatable bonds is 3. The summed E-state index contributed by atoms with van der Waals surface area (Å²) in [7, 11) is 0. The molecular weight excluding hydrogens is 359 g/mol. The summed E-state index contributed by atoms with van der Waals surface area (Å²) in [5.74, 6) is 1.72. The molecule has 1 aromatic carbocycles. The number of aromatic nitrogens is 2. The van der Waals surface area contributed by atoms with Crippen LogP contribution >= 0.6 is 0 Å². The van der Waals surface area contributed by atoms with Crippen LogP contribution in [0.25, 0.3) is 17.2 Å². The Balaban J connectivity index is 1.41. The molecule has 0 N–H and O–H groups in total. The number of halogens is 1. The van der Waals surface area contributed by atoms with E-state index in [4.69, 9.17) is 0 Å². The molecule has 3 unspecified atom stereocenters. The Hall–Kier alpha value is -2.81. The summed E-state index contributed by atoms with van der Waals surface area (Å²) in [5, 5.41) is 0. The van der Waals surface area contributed by atoms with Crippen molar-refractivity contribution in [3.8, 4) is 11.1 Å². The number of benzene rings is 1. The number of hydrogen-bond acceptors (Lipinski definition) is 2. The summed E-state index contributed by atoms with van der Waals surface area (Å²) in [5.41, 5.74) is 5.59. The minimum atomic E-state index is -0.223. The molecule has 1 fully saturated rings. The SMILES string of the molecule is Fc1cccc(-c2ccc(/C=C/C3c4ccncc4CC4CCCCC43)nc2)c1. The Morgan fingerprint density at radius 2 is 1.90 bits per heavy atom. The average molecular weight is 384 g/mol. The van der Waals surface area contributed by atoms with E-state index in [2.05, 4.69) is 34.4 Å². The normalized spacial score (nSPS) is 23.6. The topological polar surface area (TPSA) is 25.8 Å². The van der Waals surface area contributed by atoms with E-state index in [0.29, 0.717) is 5.92 Å². The van der Waals surface area contributed by atoms with Gasteiger partial charge < -0.3 is 0 Å². The van der Waals surface area contributed by atoms with Gasteiger partial charge in [-0.1, -0.05) is 37.1 Å². The molecule has 0 bridgehead atoms. The van der Waals surface area contributed by atoms with Crippen molar-refractivity contribution in [1.82, 2.24) is 9.97 Å². The third-order valence-electron chi connectivity index (χ3n) is 6.63. The average Bonchev–Trinajstić information content (AvgIpc) is 2.77. The highest BCUT2D eigenvalue weighted by atomic mass is 19.1. The van der Waals surface area contributed by atoms with Crippen molar-refractivity contribution in [2.24, 2.45) is 11.8 Å². The largest absolute Gasteiger partial charge is 0.264 e. The van der Waals surface area contributed by atoms with Crippen molar-refractivity contribution in [1.29, 1.82) is 0 Å². The predicted molar refractivity (Wildman–Crippen MR) is 115 cm³/mol. The van der Waals surface area contributed by atoms with Gasteiger partial charge in [0.25, 0.3) is 0 Å². The van der Waals surface area contributed by atoms with Crippen molar-refractivity contribution in [2.45, 2.75) is 38.0 Å². The van der Waals surface area contributed by atoms with Crippen LogP contribution in [0.4, 0.5) is 4.39 Å². The van der Waals surface area contributed by atoms with Crippen molar-refractivity contribution in [3.63, 3.8) is 0 Å². The van der Waals surface area contributed by atoms with Gasteiger partial charge in [-0.05, 0) is 78.1 Å². The molecule has 146 valence electrons. The van der Waals surface area contributed by atoms with E-state index in [1.165, 1.54) is 49.3 Å². The van der Waals surface area contributed by atoms with Crippen LogP contribution in [-0.2, 0) is 6.42 Å². The monoisotopic (exact) mass is 384 g/mol. The highest BCUT2D eigenvalue weighted by Crippen LogP contribution is 2.47. The first-order valence-corrected chi connectivity index (χ1v) is 10.6. The van der Waals surface area contributed by atoms with Crippen molar-refractivity contribution < 1.29 is 4.39 Å². The first-order chi connectivity index (χ1) is 14.3. The lowest BCUT2D eigenvalue weighted by atomic mass is 9.63. The van der Waals surface area contributed by atoms with Gasteiger partial charge in [-0.3, -0.25) is 9.97 Å². The van der Waals surface area contributed by atoms with E-state index in [9.17, 15) is 4.39 Å². The number of nitrogens with zero attached hydrogens (tertiary/aromatic N) is 2. The second-order valence-electron chi connectivity index (χ2n) is 8.35. The molecule has 0 spiro atoms. The first-order valence-electron chi connectivity index (χ1n) is 10.6. The van der Waals surface area contributed by atoms with Crippen LogP contribution in [0, 0.1) is 17.7 Å². The summed E-state index contributed by atoms with van der Waals surface area (Å²) >= 11 is 0. The van der Waals surface area contributed by atoms with E-state index in [-0.39, 0.29) is 5.82 Å². The maximum Gasteiger partial charge on any atom is 0.123 e. The summed E-state index contributed by atoms with van der Waals surface area (Å²) in [6.45, 7) is 0. The second kappa shape index (κ2) is 7.90. The minimum Gasteiger partial charge on any atom is -0.264 e. The lowest BCUT2D eigenvalue weighted by Crippen LogP contribution is -2.31. The smallest absolute Gasteiger partial charge is 0.123 e. The fourth-order valence-electron chi connectivity index (χ4n) is 5.20. The Kier molecular flexibility index (Phi) is 4.97. The molecule has 2 aliphatic rings. The fraction of sp³-hybridized carbons (Fsp3) is 0.308. The highest BCUT2D eigenvalue weighted by Gasteiger charge is 2.36. The summed E-state index contributed by atoms with van der Waals surface area (Å²) in [6, 6.07) is 12.9. The van der Waals surface area contributed by atoms with Crippen LogP contribution in [0.1, 0.15) is 48.4 Å². The van der Waals surface area contributed by atoms with Crippen LogP contribution in [-0.4, -0.2) is 9.97 Å². The Labute approximate surface area is 171 Å².